The molecule has 1 aromatic rings. The quantitative estimate of drug-likeness (QED) is 0.710. The van der Waals surface area contributed by atoms with Gasteiger partial charge in [0.1, 0.15) is 16.7 Å². The molecule has 2 amide bonds. The molecule has 0 bridgehead atoms. The van der Waals surface area contributed by atoms with Crippen LogP contribution in [0.5, 0.6) is 5.75 Å². The Bertz CT molecular complexity index is 859. The molecule has 2 heterocycles. The van der Waals surface area contributed by atoms with Crippen molar-refractivity contribution in [1.29, 1.82) is 0 Å². The van der Waals surface area contributed by atoms with E-state index in [1.54, 1.807) is 11.8 Å². The number of piperazine rings is 1. The Kier molecular flexibility index (Phi) is 6.76. The summed E-state index contributed by atoms with van der Waals surface area (Å²) in [5.74, 6) is -0.245. The Balaban J connectivity index is 1.78. The van der Waals surface area contributed by atoms with E-state index in [1.165, 1.54) is 29.6 Å². The van der Waals surface area contributed by atoms with E-state index in [2.05, 4.69) is 5.32 Å². The summed E-state index contributed by atoms with van der Waals surface area (Å²) in [6.07, 6.45) is 1.17. The van der Waals surface area contributed by atoms with Crippen LogP contribution in [0, 0.1) is 0 Å². The number of ether oxygens (including phenoxy) is 2. The van der Waals surface area contributed by atoms with Crippen LogP contribution in [0.2, 0.25) is 0 Å². The zero-order chi connectivity index (χ0) is 21.0. The van der Waals surface area contributed by atoms with Crippen LogP contribution in [0.1, 0.15) is 30.1 Å². The summed E-state index contributed by atoms with van der Waals surface area (Å²) in [7, 11) is -2.40. The maximum absolute atomic E-state index is 13.3. The van der Waals surface area contributed by atoms with E-state index in [4.69, 9.17) is 9.47 Å². The number of amides is 2. The predicted molar refractivity (Wildman–Crippen MR) is 105 cm³/mol. The van der Waals surface area contributed by atoms with E-state index in [0.29, 0.717) is 32.7 Å². The van der Waals surface area contributed by atoms with Gasteiger partial charge in [0.15, 0.2) is 0 Å². The molecule has 1 unspecified atom stereocenters. The molecule has 2 aliphatic rings. The molecule has 2 aliphatic heterocycles. The van der Waals surface area contributed by atoms with Crippen molar-refractivity contribution in [3.05, 3.63) is 23.8 Å². The summed E-state index contributed by atoms with van der Waals surface area (Å²) in [5.41, 5.74) is 0.238. The van der Waals surface area contributed by atoms with E-state index in [-0.39, 0.29) is 41.1 Å². The van der Waals surface area contributed by atoms with Gasteiger partial charge in [-0.05, 0) is 38.0 Å². The molecule has 0 aliphatic carbocycles. The van der Waals surface area contributed by atoms with Crippen molar-refractivity contribution >= 4 is 21.8 Å². The van der Waals surface area contributed by atoms with Gasteiger partial charge in [-0.3, -0.25) is 9.59 Å². The Morgan fingerprint density at radius 2 is 1.97 bits per heavy atom. The number of benzene rings is 1. The molecule has 160 valence electrons. The first-order valence-corrected chi connectivity index (χ1v) is 11.2. The van der Waals surface area contributed by atoms with Crippen molar-refractivity contribution < 1.29 is 27.5 Å². The highest BCUT2D eigenvalue weighted by Crippen LogP contribution is 2.29. The summed E-state index contributed by atoms with van der Waals surface area (Å²) >= 11 is 0. The molecule has 2 saturated heterocycles. The van der Waals surface area contributed by atoms with Crippen LogP contribution >= 0.6 is 0 Å². The van der Waals surface area contributed by atoms with Gasteiger partial charge in [0.2, 0.25) is 10.0 Å². The highest BCUT2D eigenvalue weighted by Gasteiger charge is 2.35. The number of rotatable bonds is 6. The van der Waals surface area contributed by atoms with Crippen LogP contribution in [0.4, 0.5) is 0 Å². The minimum atomic E-state index is -3.89. The molecule has 0 spiro atoms. The first-order valence-electron chi connectivity index (χ1n) is 9.78. The van der Waals surface area contributed by atoms with Gasteiger partial charge in [0, 0.05) is 45.4 Å². The van der Waals surface area contributed by atoms with E-state index < -0.39 is 16.1 Å². The highest BCUT2D eigenvalue weighted by molar-refractivity contribution is 7.89. The Hall–Kier alpha value is -2.17. The normalized spacial score (nSPS) is 20.5. The first-order chi connectivity index (χ1) is 13.9. The minimum Gasteiger partial charge on any atom is -0.492 e. The van der Waals surface area contributed by atoms with Gasteiger partial charge in [0.25, 0.3) is 11.8 Å². The molecule has 0 saturated carbocycles. The van der Waals surface area contributed by atoms with Crippen molar-refractivity contribution in [2.45, 2.75) is 30.8 Å². The molecule has 1 N–H and O–H groups in total. The summed E-state index contributed by atoms with van der Waals surface area (Å²) in [5, 5.41) is 2.49. The van der Waals surface area contributed by atoms with Gasteiger partial charge in [-0.25, -0.2) is 8.42 Å². The maximum atomic E-state index is 13.3. The molecular weight excluding hydrogens is 398 g/mol. The third kappa shape index (κ3) is 4.54. The maximum Gasteiger partial charge on any atom is 0.251 e. The summed E-state index contributed by atoms with van der Waals surface area (Å²) in [6, 6.07) is 4.36. The monoisotopic (exact) mass is 425 g/mol. The largest absolute Gasteiger partial charge is 0.492 e. The van der Waals surface area contributed by atoms with Crippen molar-refractivity contribution in [1.82, 2.24) is 14.5 Å². The van der Waals surface area contributed by atoms with Crippen LogP contribution in [-0.4, -0.2) is 82.0 Å². The van der Waals surface area contributed by atoms with Crippen molar-refractivity contribution in [2.75, 3.05) is 46.4 Å². The average molecular weight is 426 g/mol. The average Bonchev–Trinajstić information content (AvgIpc) is 3.28. The van der Waals surface area contributed by atoms with Crippen molar-refractivity contribution in [2.24, 2.45) is 0 Å². The molecule has 2 fully saturated rings. The second kappa shape index (κ2) is 9.10. The molecule has 0 aromatic heterocycles. The van der Waals surface area contributed by atoms with E-state index in [1.807, 2.05) is 0 Å². The molecule has 1 atom stereocenters. The van der Waals surface area contributed by atoms with Gasteiger partial charge < -0.3 is 19.7 Å². The first kappa shape index (κ1) is 21.5. The molecule has 9 nitrogen and oxygen atoms in total. The summed E-state index contributed by atoms with van der Waals surface area (Å²) < 4.78 is 38.8. The van der Waals surface area contributed by atoms with Crippen LogP contribution in [0.25, 0.3) is 0 Å². The lowest BCUT2D eigenvalue weighted by Gasteiger charge is -2.35. The van der Waals surface area contributed by atoms with E-state index in [9.17, 15) is 18.0 Å². The SMILES string of the molecule is CCOc1ccc(C(=O)NC)cc1S(=O)(=O)N1CCN(C(=O)C2CCCO2)CC1. The number of carbonyl (C=O) groups is 2. The fourth-order valence-corrected chi connectivity index (χ4v) is 5.11. The molecule has 10 heteroatoms. The van der Waals surface area contributed by atoms with Crippen LogP contribution in [0.15, 0.2) is 23.1 Å². The lowest BCUT2D eigenvalue weighted by molar-refractivity contribution is -0.142. The zero-order valence-corrected chi connectivity index (χ0v) is 17.5. The highest BCUT2D eigenvalue weighted by atomic mass is 32.2. The van der Waals surface area contributed by atoms with Crippen LogP contribution < -0.4 is 10.1 Å². The van der Waals surface area contributed by atoms with E-state index in [0.717, 1.165) is 6.42 Å². The standard InChI is InChI=1S/C19H27N3O6S/c1-3-27-15-7-6-14(18(23)20-2)13-17(15)29(25,26)22-10-8-21(9-11-22)19(24)16-5-4-12-28-16/h6-7,13,16H,3-5,8-12H2,1-2H3,(H,20,23). The lowest BCUT2D eigenvalue weighted by atomic mass is 10.2. The van der Waals surface area contributed by atoms with Gasteiger partial charge in [-0.15, -0.1) is 0 Å². The second-order valence-electron chi connectivity index (χ2n) is 6.90. The van der Waals surface area contributed by atoms with Crippen LogP contribution in [-0.2, 0) is 19.6 Å². The summed E-state index contributed by atoms with van der Waals surface area (Å²) in [6.45, 7) is 3.61. The molecular formula is C19H27N3O6S. The minimum absolute atomic E-state index is 0.0423. The fraction of sp³-hybridized carbons (Fsp3) is 0.579. The number of sulfonamides is 1. The summed E-state index contributed by atoms with van der Waals surface area (Å²) in [4.78, 5) is 26.1. The number of carbonyl (C=O) groups excluding carboxylic acids is 2. The number of hydrogen-bond acceptors (Lipinski definition) is 6. The Morgan fingerprint density at radius 1 is 1.24 bits per heavy atom. The fourth-order valence-electron chi connectivity index (χ4n) is 3.53. The lowest BCUT2D eigenvalue weighted by Crippen LogP contribution is -2.52. The molecule has 3 rings (SSSR count). The zero-order valence-electron chi connectivity index (χ0n) is 16.7. The molecule has 29 heavy (non-hydrogen) atoms. The number of nitrogens with one attached hydrogen (secondary N) is 1. The van der Waals surface area contributed by atoms with E-state index >= 15 is 0 Å². The molecule has 0 radical (unpaired) electrons. The third-order valence-electron chi connectivity index (χ3n) is 5.11. The topological polar surface area (TPSA) is 105 Å². The molecule has 1 aromatic carbocycles. The second-order valence-corrected chi connectivity index (χ2v) is 8.81. The van der Waals surface area contributed by atoms with Crippen molar-refractivity contribution in [3.8, 4) is 5.75 Å². The smallest absolute Gasteiger partial charge is 0.251 e. The Morgan fingerprint density at radius 3 is 2.55 bits per heavy atom. The predicted octanol–water partition coefficient (Wildman–Crippen LogP) is 0.457. The third-order valence-corrected chi connectivity index (χ3v) is 7.03. The van der Waals surface area contributed by atoms with Gasteiger partial charge in [-0.2, -0.15) is 4.31 Å². The van der Waals surface area contributed by atoms with Crippen molar-refractivity contribution in [3.63, 3.8) is 0 Å². The number of hydrogen-bond donors (Lipinski definition) is 1. The van der Waals surface area contributed by atoms with Gasteiger partial charge >= 0.3 is 0 Å². The van der Waals surface area contributed by atoms with Gasteiger partial charge in [-0.1, -0.05) is 0 Å². The van der Waals surface area contributed by atoms with Crippen LogP contribution in [0.3, 0.4) is 0 Å². The number of nitrogens with zero attached hydrogens (tertiary/aromatic N) is 2. The Labute approximate surface area is 171 Å². The van der Waals surface area contributed by atoms with Gasteiger partial charge in [0.05, 0.1) is 6.61 Å².